The maximum Gasteiger partial charge on any atom is 0.240 e. The van der Waals surface area contributed by atoms with Crippen LogP contribution in [0.5, 0.6) is 11.5 Å². The van der Waals surface area contributed by atoms with Crippen LogP contribution in [-0.4, -0.2) is 21.1 Å². The number of nitrogens with zero attached hydrogens (tertiary/aromatic N) is 2. The number of hydrogen-bond acceptors (Lipinski definition) is 6. The summed E-state index contributed by atoms with van der Waals surface area (Å²) in [5.74, 6) is -0.862. The number of thiazole rings is 1. The third kappa shape index (κ3) is 3.00. The number of hydrogen-bond donors (Lipinski definition) is 3. The first-order valence-corrected chi connectivity index (χ1v) is 6.13. The van der Waals surface area contributed by atoms with Crippen LogP contribution in [0.1, 0.15) is 6.42 Å². The number of aromatic hydroxyl groups is 2. The zero-order chi connectivity index (χ0) is 13.8. The summed E-state index contributed by atoms with van der Waals surface area (Å²) in [7, 11) is 0. The van der Waals surface area contributed by atoms with E-state index in [0.717, 1.165) is 0 Å². The molecule has 0 aliphatic rings. The van der Waals surface area contributed by atoms with Gasteiger partial charge in [-0.1, -0.05) is 0 Å². The Morgan fingerprint density at radius 2 is 2.21 bits per heavy atom. The summed E-state index contributed by atoms with van der Waals surface area (Å²) in [5.41, 5.74) is 1.18. The average molecular weight is 275 g/mol. The fourth-order valence-corrected chi connectivity index (χ4v) is 2.12. The van der Waals surface area contributed by atoms with Crippen molar-refractivity contribution in [1.29, 1.82) is 5.26 Å². The van der Waals surface area contributed by atoms with E-state index in [9.17, 15) is 15.0 Å². The SMILES string of the molecule is N#CCC(=O)Nc1nc(-c2ccc(O)c(O)c2)cs1. The minimum Gasteiger partial charge on any atom is -0.504 e. The van der Waals surface area contributed by atoms with Crippen molar-refractivity contribution in [3.8, 4) is 28.8 Å². The second-order valence-electron chi connectivity index (χ2n) is 3.62. The van der Waals surface area contributed by atoms with Gasteiger partial charge < -0.3 is 15.5 Å². The van der Waals surface area contributed by atoms with E-state index >= 15 is 0 Å². The van der Waals surface area contributed by atoms with Crippen molar-refractivity contribution in [2.75, 3.05) is 5.32 Å². The largest absolute Gasteiger partial charge is 0.504 e. The van der Waals surface area contributed by atoms with Gasteiger partial charge in [-0.3, -0.25) is 4.79 Å². The van der Waals surface area contributed by atoms with Gasteiger partial charge in [0.15, 0.2) is 16.6 Å². The number of phenolic OH excluding ortho intramolecular Hbond substituents is 2. The lowest BCUT2D eigenvalue weighted by Gasteiger charge is -2.00. The molecule has 1 aromatic carbocycles. The van der Waals surface area contributed by atoms with E-state index in [4.69, 9.17) is 5.26 Å². The second kappa shape index (κ2) is 5.37. The van der Waals surface area contributed by atoms with Gasteiger partial charge in [0.2, 0.25) is 5.91 Å². The molecule has 0 spiro atoms. The highest BCUT2D eigenvalue weighted by atomic mass is 32.1. The molecule has 2 rings (SSSR count). The van der Waals surface area contributed by atoms with Crippen molar-refractivity contribution in [2.45, 2.75) is 6.42 Å². The van der Waals surface area contributed by atoms with E-state index in [1.54, 1.807) is 17.5 Å². The molecule has 0 saturated heterocycles. The van der Waals surface area contributed by atoms with E-state index in [-0.39, 0.29) is 17.9 Å². The fraction of sp³-hybridized carbons (Fsp3) is 0.0833. The van der Waals surface area contributed by atoms with Crippen molar-refractivity contribution in [2.24, 2.45) is 0 Å². The van der Waals surface area contributed by atoms with Crippen molar-refractivity contribution in [3.05, 3.63) is 23.6 Å². The Balaban J connectivity index is 2.19. The van der Waals surface area contributed by atoms with Crippen molar-refractivity contribution in [3.63, 3.8) is 0 Å². The summed E-state index contributed by atoms with van der Waals surface area (Å²) < 4.78 is 0. The van der Waals surface area contributed by atoms with Gasteiger partial charge in [-0.25, -0.2) is 4.98 Å². The van der Waals surface area contributed by atoms with Crippen molar-refractivity contribution >= 4 is 22.4 Å². The Hall–Kier alpha value is -2.59. The Bertz CT molecular complexity index is 660. The molecule has 0 bridgehead atoms. The molecule has 19 heavy (non-hydrogen) atoms. The van der Waals surface area contributed by atoms with Crippen LogP contribution in [0.15, 0.2) is 23.6 Å². The van der Waals surface area contributed by atoms with E-state index < -0.39 is 5.91 Å². The number of anilines is 1. The molecule has 7 heteroatoms. The predicted octanol–water partition coefficient (Wildman–Crippen LogP) is 2.07. The molecule has 2 aromatic rings. The van der Waals surface area contributed by atoms with Gasteiger partial charge in [0, 0.05) is 10.9 Å². The minimum absolute atomic E-state index is 0.207. The van der Waals surface area contributed by atoms with Gasteiger partial charge in [-0.15, -0.1) is 11.3 Å². The molecule has 0 radical (unpaired) electrons. The first kappa shape index (κ1) is 12.9. The standard InChI is InChI=1S/C12H9N3O3S/c13-4-3-11(18)15-12-14-8(6-19-12)7-1-2-9(16)10(17)5-7/h1-2,5-6,16-17H,3H2,(H,14,15,18). The Morgan fingerprint density at radius 3 is 2.89 bits per heavy atom. The smallest absolute Gasteiger partial charge is 0.240 e. The summed E-state index contributed by atoms with van der Waals surface area (Å²) in [6.07, 6.45) is -0.227. The van der Waals surface area contributed by atoms with Crippen LogP contribution in [0.4, 0.5) is 5.13 Å². The molecule has 1 heterocycles. The number of carbonyl (C=O) groups is 1. The van der Waals surface area contributed by atoms with E-state index in [2.05, 4.69) is 10.3 Å². The van der Waals surface area contributed by atoms with E-state index in [0.29, 0.717) is 16.4 Å². The number of carbonyl (C=O) groups excluding carboxylic acids is 1. The van der Waals surface area contributed by atoms with Crippen LogP contribution in [0.25, 0.3) is 11.3 Å². The van der Waals surface area contributed by atoms with E-state index in [1.807, 2.05) is 0 Å². The van der Waals surface area contributed by atoms with Crippen LogP contribution in [0.2, 0.25) is 0 Å². The van der Waals surface area contributed by atoms with Gasteiger partial charge in [0.1, 0.15) is 6.42 Å². The minimum atomic E-state index is -0.419. The van der Waals surface area contributed by atoms with E-state index in [1.165, 1.54) is 23.5 Å². The molecule has 6 nitrogen and oxygen atoms in total. The first-order chi connectivity index (χ1) is 9.10. The summed E-state index contributed by atoms with van der Waals surface area (Å²) in [5, 5.41) is 31.6. The topological polar surface area (TPSA) is 106 Å². The third-order valence-corrected chi connectivity index (χ3v) is 3.02. The van der Waals surface area contributed by atoms with Crippen molar-refractivity contribution < 1.29 is 15.0 Å². The molecule has 0 aliphatic carbocycles. The van der Waals surface area contributed by atoms with Crippen LogP contribution in [0, 0.1) is 11.3 Å². The highest BCUT2D eigenvalue weighted by Gasteiger charge is 2.09. The summed E-state index contributed by atoms with van der Waals surface area (Å²) in [6.45, 7) is 0. The van der Waals surface area contributed by atoms with Gasteiger partial charge in [0.25, 0.3) is 0 Å². The Labute approximate surface area is 112 Å². The van der Waals surface area contributed by atoms with Gasteiger partial charge >= 0.3 is 0 Å². The van der Waals surface area contributed by atoms with Gasteiger partial charge in [0.05, 0.1) is 11.8 Å². The number of amides is 1. The molecule has 96 valence electrons. The highest BCUT2D eigenvalue weighted by Crippen LogP contribution is 2.31. The first-order valence-electron chi connectivity index (χ1n) is 5.25. The summed E-state index contributed by atoms with van der Waals surface area (Å²) >= 11 is 1.21. The molecule has 1 amide bonds. The number of aromatic nitrogens is 1. The lowest BCUT2D eigenvalue weighted by atomic mass is 10.1. The lowest BCUT2D eigenvalue weighted by molar-refractivity contribution is -0.115. The Morgan fingerprint density at radius 1 is 1.42 bits per heavy atom. The summed E-state index contributed by atoms with van der Waals surface area (Å²) in [4.78, 5) is 15.4. The zero-order valence-electron chi connectivity index (χ0n) is 9.62. The van der Waals surface area contributed by atoms with Crippen molar-refractivity contribution in [1.82, 2.24) is 4.98 Å². The molecule has 0 atom stereocenters. The van der Waals surface area contributed by atoms with Gasteiger partial charge in [-0.05, 0) is 18.2 Å². The van der Waals surface area contributed by atoms with Crippen LogP contribution >= 0.6 is 11.3 Å². The fourth-order valence-electron chi connectivity index (χ4n) is 1.38. The number of rotatable bonds is 3. The molecule has 0 saturated carbocycles. The van der Waals surface area contributed by atoms with Crippen LogP contribution in [-0.2, 0) is 4.79 Å². The third-order valence-electron chi connectivity index (χ3n) is 2.26. The second-order valence-corrected chi connectivity index (χ2v) is 4.48. The molecule has 0 unspecified atom stereocenters. The number of nitriles is 1. The number of benzene rings is 1. The maximum atomic E-state index is 11.2. The van der Waals surface area contributed by atoms with Crippen LogP contribution in [0.3, 0.4) is 0 Å². The molecule has 0 aliphatic heterocycles. The lowest BCUT2D eigenvalue weighted by Crippen LogP contribution is -2.09. The molecular weight excluding hydrogens is 266 g/mol. The Kier molecular flexibility index (Phi) is 3.63. The highest BCUT2D eigenvalue weighted by molar-refractivity contribution is 7.14. The molecule has 1 aromatic heterocycles. The summed E-state index contributed by atoms with van der Waals surface area (Å²) in [6, 6.07) is 6.09. The molecular formula is C12H9N3O3S. The average Bonchev–Trinajstić information content (AvgIpc) is 2.81. The number of phenols is 2. The number of nitrogens with one attached hydrogen (secondary N) is 1. The molecule has 0 fully saturated rings. The maximum absolute atomic E-state index is 11.2. The van der Waals surface area contributed by atoms with Crippen LogP contribution < -0.4 is 5.32 Å². The monoisotopic (exact) mass is 275 g/mol. The normalized spacial score (nSPS) is 9.84. The quantitative estimate of drug-likeness (QED) is 0.743. The molecule has 3 N–H and O–H groups in total. The predicted molar refractivity (Wildman–Crippen MR) is 69.7 cm³/mol. The van der Waals surface area contributed by atoms with Gasteiger partial charge in [-0.2, -0.15) is 5.26 Å². The zero-order valence-corrected chi connectivity index (χ0v) is 10.4.